The summed E-state index contributed by atoms with van der Waals surface area (Å²) < 4.78 is 5.35. The van der Waals surface area contributed by atoms with Crippen LogP contribution in [0.4, 0.5) is 0 Å². The van der Waals surface area contributed by atoms with E-state index in [-0.39, 0.29) is 15.5 Å². The zero-order valence-corrected chi connectivity index (χ0v) is 13.0. The van der Waals surface area contributed by atoms with Gasteiger partial charge in [0.25, 0.3) is 0 Å². The number of hydrogen-bond donors (Lipinski definition) is 0. The third kappa shape index (κ3) is 2.58. The van der Waals surface area contributed by atoms with Crippen LogP contribution in [-0.2, 0) is 0 Å². The summed E-state index contributed by atoms with van der Waals surface area (Å²) in [6, 6.07) is 1.69. The molecule has 0 N–H and O–H groups in total. The Balaban J connectivity index is 1.51. The van der Waals surface area contributed by atoms with Crippen LogP contribution in [0.25, 0.3) is 0 Å². The first-order valence-electron chi connectivity index (χ1n) is 7.52. The van der Waals surface area contributed by atoms with E-state index < -0.39 is 0 Å². The maximum Gasteiger partial charge on any atom is 0.177 e. The third-order valence-electron chi connectivity index (χ3n) is 4.96. The number of rotatable bonds is 2. The van der Waals surface area contributed by atoms with E-state index in [0.29, 0.717) is 0 Å². The van der Waals surface area contributed by atoms with E-state index in [1.807, 2.05) is 0 Å². The van der Waals surface area contributed by atoms with Crippen molar-refractivity contribution in [3.8, 4) is 0 Å². The van der Waals surface area contributed by atoms with Gasteiger partial charge in [0.1, 0.15) is 5.62 Å². The fraction of sp³-hybridized carbons (Fsp3) is 1.00. The molecule has 2 aliphatic carbocycles. The smallest absolute Gasteiger partial charge is 0.177 e. The molecular weight excluding hydrogens is 248 g/mol. The third-order valence-corrected chi connectivity index (χ3v) is 8.30. The van der Waals surface area contributed by atoms with Crippen LogP contribution in [0.5, 0.6) is 0 Å². The molecule has 1 heterocycles. The molecule has 0 atom stereocenters. The summed E-state index contributed by atoms with van der Waals surface area (Å²) in [5.41, 5.74) is 0.271. The zero-order valence-electron chi connectivity index (χ0n) is 10.8. The van der Waals surface area contributed by atoms with E-state index in [1.165, 1.54) is 64.2 Å². The van der Waals surface area contributed by atoms with E-state index >= 15 is 0 Å². The quantitative estimate of drug-likeness (QED) is 0.433. The predicted molar refractivity (Wildman–Crippen MR) is 75.6 cm³/mol. The van der Waals surface area contributed by atoms with Gasteiger partial charge in [-0.05, 0) is 25.7 Å². The molecule has 1 aliphatic heterocycles. The van der Waals surface area contributed by atoms with Gasteiger partial charge in [0.15, 0.2) is 9.84 Å². The highest BCUT2D eigenvalue weighted by Gasteiger charge is 2.43. The van der Waals surface area contributed by atoms with Crippen molar-refractivity contribution < 1.29 is 0 Å². The van der Waals surface area contributed by atoms with Crippen molar-refractivity contribution in [1.82, 2.24) is 9.13 Å². The Hall–Kier alpha value is 0.427. The van der Waals surface area contributed by atoms with Crippen LogP contribution in [0, 0.1) is 0 Å². The molecular formula is C13H25ClN2Si. The molecule has 2 saturated carbocycles. The van der Waals surface area contributed by atoms with Crippen LogP contribution in [0.2, 0.25) is 0 Å². The average Bonchev–Trinajstić information content (AvgIpc) is 2.40. The second-order valence-corrected chi connectivity index (χ2v) is 8.20. The summed E-state index contributed by atoms with van der Waals surface area (Å²) in [4.78, 5) is 0. The molecule has 0 spiro atoms. The number of alkyl halides is 1. The van der Waals surface area contributed by atoms with Gasteiger partial charge < -0.3 is 0 Å². The summed E-state index contributed by atoms with van der Waals surface area (Å²) in [5, 5.41) is 0. The number of halogens is 1. The van der Waals surface area contributed by atoms with E-state index in [1.54, 1.807) is 0 Å². The molecule has 1 saturated heterocycles. The minimum absolute atomic E-state index is 0.170. The average molecular weight is 273 g/mol. The Labute approximate surface area is 113 Å². The molecule has 2 nitrogen and oxygen atoms in total. The van der Waals surface area contributed by atoms with Crippen molar-refractivity contribution in [3.63, 3.8) is 0 Å². The van der Waals surface area contributed by atoms with Gasteiger partial charge in [0.2, 0.25) is 0 Å². The summed E-state index contributed by atoms with van der Waals surface area (Å²) in [7, 11) is -0.170. The van der Waals surface area contributed by atoms with Gasteiger partial charge in [-0.15, -0.1) is 0 Å². The van der Waals surface area contributed by atoms with Gasteiger partial charge >= 0.3 is 0 Å². The van der Waals surface area contributed by atoms with Crippen LogP contribution < -0.4 is 0 Å². The Kier molecular flexibility index (Phi) is 4.10. The fourth-order valence-electron chi connectivity index (χ4n) is 3.82. The molecule has 0 unspecified atom stereocenters. The molecule has 0 aromatic rings. The highest BCUT2D eigenvalue weighted by molar-refractivity contribution is 6.40. The lowest BCUT2D eigenvalue weighted by molar-refractivity contribution is 0.0581. The van der Waals surface area contributed by atoms with Crippen molar-refractivity contribution in [2.24, 2.45) is 0 Å². The summed E-state index contributed by atoms with van der Waals surface area (Å²) in [6.07, 6.45) is 14.3. The van der Waals surface area contributed by atoms with Gasteiger partial charge in [-0.25, -0.2) is 0 Å². The van der Waals surface area contributed by atoms with Crippen LogP contribution in [0.1, 0.15) is 64.2 Å². The molecule has 4 heteroatoms. The van der Waals surface area contributed by atoms with Crippen molar-refractivity contribution >= 4 is 21.4 Å². The van der Waals surface area contributed by atoms with E-state index in [4.69, 9.17) is 11.6 Å². The minimum atomic E-state index is -0.170. The minimum Gasteiger partial charge on any atom is -0.286 e. The molecule has 17 heavy (non-hydrogen) atoms. The van der Waals surface area contributed by atoms with Crippen LogP contribution >= 0.6 is 11.6 Å². The number of hydrogen-bond acceptors (Lipinski definition) is 2. The van der Waals surface area contributed by atoms with Gasteiger partial charge in [-0.2, -0.15) is 0 Å². The first-order chi connectivity index (χ1) is 8.36. The maximum absolute atomic E-state index is 6.63. The molecule has 3 aliphatic rings. The monoisotopic (exact) mass is 272 g/mol. The van der Waals surface area contributed by atoms with Crippen LogP contribution in [0.3, 0.4) is 0 Å². The Bertz CT molecular complexity index is 228. The summed E-state index contributed by atoms with van der Waals surface area (Å²) in [6.45, 7) is 0. The molecule has 0 amide bonds. The molecule has 0 bridgehead atoms. The van der Waals surface area contributed by atoms with Crippen molar-refractivity contribution in [2.75, 3.05) is 0 Å². The standard InChI is InChI=1S/C13H25ClN2Si/c14-13-15(11-7-3-1-4-8-11)17-16(13)12-9-5-2-6-10-12/h11-13H,1-10,17H2. The van der Waals surface area contributed by atoms with Crippen molar-refractivity contribution in [2.45, 2.75) is 81.9 Å². The highest BCUT2D eigenvalue weighted by atomic mass is 35.5. The molecule has 0 radical (unpaired) electrons. The van der Waals surface area contributed by atoms with Gasteiger partial charge in [-0.3, -0.25) is 9.13 Å². The zero-order chi connectivity index (χ0) is 11.7. The second-order valence-electron chi connectivity index (χ2n) is 6.06. The predicted octanol–water partition coefficient (Wildman–Crippen LogP) is 2.79. The lowest BCUT2D eigenvalue weighted by Gasteiger charge is -2.55. The highest BCUT2D eigenvalue weighted by Crippen LogP contribution is 2.35. The lowest BCUT2D eigenvalue weighted by atomic mass is 9.95. The molecule has 3 fully saturated rings. The van der Waals surface area contributed by atoms with Crippen molar-refractivity contribution in [3.05, 3.63) is 0 Å². The summed E-state index contributed by atoms with van der Waals surface area (Å²) >= 11 is 6.63. The second kappa shape index (κ2) is 5.60. The van der Waals surface area contributed by atoms with Gasteiger partial charge in [-0.1, -0.05) is 50.1 Å². The Morgan fingerprint density at radius 1 is 0.706 bits per heavy atom. The topological polar surface area (TPSA) is 6.48 Å². The van der Waals surface area contributed by atoms with Gasteiger partial charge in [0, 0.05) is 12.1 Å². The largest absolute Gasteiger partial charge is 0.286 e. The van der Waals surface area contributed by atoms with Gasteiger partial charge in [0.05, 0.1) is 0 Å². The normalized spacial score (nSPS) is 36.2. The van der Waals surface area contributed by atoms with Crippen LogP contribution in [-0.4, -0.2) is 36.7 Å². The SMILES string of the molecule is ClC1N(C2CCCCC2)[SiH2]N1C1CCCCC1. The summed E-state index contributed by atoms with van der Waals surface area (Å²) in [5.74, 6) is 0. The lowest BCUT2D eigenvalue weighted by Crippen LogP contribution is -2.70. The number of nitrogens with zero attached hydrogens (tertiary/aromatic N) is 2. The van der Waals surface area contributed by atoms with E-state index in [9.17, 15) is 0 Å². The Morgan fingerprint density at radius 2 is 1.12 bits per heavy atom. The fourth-order valence-corrected chi connectivity index (χ4v) is 6.46. The molecule has 3 rings (SSSR count). The molecule has 0 aromatic carbocycles. The molecule has 0 aromatic heterocycles. The maximum atomic E-state index is 6.63. The molecule has 98 valence electrons. The van der Waals surface area contributed by atoms with Crippen molar-refractivity contribution in [1.29, 1.82) is 0 Å². The first kappa shape index (κ1) is 12.5. The Morgan fingerprint density at radius 3 is 1.47 bits per heavy atom. The van der Waals surface area contributed by atoms with E-state index in [0.717, 1.165) is 12.1 Å². The first-order valence-corrected chi connectivity index (χ1v) is 9.22. The van der Waals surface area contributed by atoms with E-state index in [2.05, 4.69) is 9.13 Å². The van der Waals surface area contributed by atoms with Crippen LogP contribution in [0.15, 0.2) is 0 Å².